The molecule has 4 heteroatoms. The molecular weight excluding hydrogens is 500 g/mol. The lowest BCUT2D eigenvalue weighted by molar-refractivity contribution is 0.0780. The van der Waals surface area contributed by atoms with Gasteiger partial charge in [-0.05, 0) is 78.4 Å². The number of nitriles is 1. The van der Waals surface area contributed by atoms with E-state index < -0.39 is 0 Å². The Balaban J connectivity index is 1.32. The van der Waals surface area contributed by atoms with Crippen molar-refractivity contribution in [3.05, 3.63) is 102 Å². The van der Waals surface area contributed by atoms with Crippen LogP contribution in [0.15, 0.2) is 91.0 Å². The molecule has 0 N–H and O–H groups in total. The van der Waals surface area contributed by atoms with E-state index in [-0.39, 0.29) is 0 Å². The van der Waals surface area contributed by atoms with Crippen molar-refractivity contribution < 1.29 is 0 Å². The molecule has 41 heavy (non-hydrogen) atoms. The van der Waals surface area contributed by atoms with Gasteiger partial charge in [0.2, 0.25) is 0 Å². The van der Waals surface area contributed by atoms with Gasteiger partial charge in [-0.15, -0.1) is 0 Å². The van der Waals surface area contributed by atoms with Gasteiger partial charge in [0.1, 0.15) is 0 Å². The highest BCUT2D eigenvalue weighted by Crippen LogP contribution is 2.54. The van der Waals surface area contributed by atoms with Crippen molar-refractivity contribution in [1.29, 1.82) is 5.26 Å². The average Bonchev–Trinajstić information content (AvgIpc) is 3.00. The van der Waals surface area contributed by atoms with Crippen molar-refractivity contribution in [2.24, 2.45) is 17.8 Å². The maximum Gasteiger partial charge on any atom is 0.164 e. The summed E-state index contributed by atoms with van der Waals surface area (Å²) in [5.74, 6) is 4.33. The predicted octanol–water partition coefficient (Wildman–Crippen LogP) is 9.00. The first-order chi connectivity index (χ1) is 20.0. The minimum absolute atomic E-state index is 0.293. The van der Waals surface area contributed by atoms with E-state index in [1.165, 1.54) is 37.7 Å². The maximum atomic E-state index is 9.69. The lowest BCUT2D eigenvalue weighted by Gasteiger charge is -2.50. The standard InChI is InChI=1S/C37H34N4/c1-24-17-26-18-25(2)21-37(20-24,22-26)32-15-13-29(14-16-32)35-39-34(28-7-4-3-5-8-28)40-36(41-35)30-12-11-27-9-6-10-31(23-38)33(27)19-30/h3-16,19,24-26H,17-18,20-22H2,1-2H3/t24-,25+,26?,37?. The predicted molar refractivity (Wildman–Crippen MR) is 165 cm³/mol. The van der Waals surface area contributed by atoms with E-state index >= 15 is 0 Å². The number of hydrogen-bond acceptors (Lipinski definition) is 4. The summed E-state index contributed by atoms with van der Waals surface area (Å²) in [6, 6.07) is 33.4. The van der Waals surface area contributed by atoms with Crippen LogP contribution in [0.25, 0.3) is 44.9 Å². The highest BCUT2D eigenvalue weighted by molar-refractivity contribution is 5.91. The lowest BCUT2D eigenvalue weighted by atomic mass is 9.54. The van der Waals surface area contributed by atoms with Gasteiger partial charge >= 0.3 is 0 Å². The van der Waals surface area contributed by atoms with Crippen LogP contribution in [0.2, 0.25) is 0 Å². The zero-order valence-corrected chi connectivity index (χ0v) is 23.7. The van der Waals surface area contributed by atoms with Gasteiger partial charge in [-0.25, -0.2) is 15.0 Å². The largest absolute Gasteiger partial charge is 0.208 e. The van der Waals surface area contributed by atoms with E-state index in [0.29, 0.717) is 28.5 Å². The monoisotopic (exact) mass is 534 g/mol. The average molecular weight is 535 g/mol. The summed E-state index contributed by atoms with van der Waals surface area (Å²) in [4.78, 5) is 14.8. The van der Waals surface area contributed by atoms with Crippen molar-refractivity contribution in [2.45, 2.75) is 51.4 Å². The third-order valence-electron chi connectivity index (χ3n) is 9.31. The van der Waals surface area contributed by atoms with Gasteiger partial charge in [0.25, 0.3) is 0 Å². The Hall–Kier alpha value is -4.36. The van der Waals surface area contributed by atoms with Gasteiger partial charge in [0, 0.05) is 22.1 Å². The Morgan fingerprint density at radius 1 is 0.659 bits per heavy atom. The van der Waals surface area contributed by atoms with Crippen LogP contribution in [0.1, 0.15) is 57.1 Å². The molecule has 2 fully saturated rings. The summed E-state index contributed by atoms with van der Waals surface area (Å²) in [6.45, 7) is 4.88. The molecule has 2 saturated carbocycles. The van der Waals surface area contributed by atoms with E-state index in [9.17, 15) is 5.26 Å². The second-order valence-corrected chi connectivity index (χ2v) is 12.5. The van der Waals surface area contributed by atoms with E-state index in [1.807, 2.05) is 66.7 Å². The molecule has 2 aliphatic carbocycles. The second kappa shape index (κ2) is 10.2. The van der Waals surface area contributed by atoms with Gasteiger partial charge < -0.3 is 0 Å². The van der Waals surface area contributed by atoms with Crippen LogP contribution in [0, 0.1) is 29.1 Å². The van der Waals surface area contributed by atoms with Crippen molar-refractivity contribution in [2.75, 3.05) is 0 Å². The highest BCUT2D eigenvalue weighted by Gasteiger charge is 2.45. The second-order valence-electron chi connectivity index (χ2n) is 12.5. The van der Waals surface area contributed by atoms with E-state index in [1.54, 1.807) is 0 Å². The lowest BCUT2D eigenvalue weighted by Crippen LogP contribution is -2.42. The van der Waals surface area contributed by atoms with Crippen molar-refractivity contribution >= 4 is 10.8 Å². The molecule has 202 valence electrons. The quantitative estimate of drug-likeness (QED) is 0.231. The van der Waals surface area contributed by atoms with E-state index in [0.717, 1.165) is 45.2 Å². The molecule has 1 aromatic heterocycles. The van der Waals surface area contributed by atoms with E-state index in [2.05, 4.69) is 44.2 Å². The Bertz CT molecular complexity index is 1750. The molecule has 0 amide bonds. The number of aromatic nitrogens is 3. The molecule has 4 nitrogen and oxygen atoms in total. The van der Waals surface area contributed by atoms with Crippen molar-refractivity contribution in [1.82, 2.24) is 15.0 Å². The van der Waals surface area contributed by atoms with Gasteiger partial charge in [-0.3, -0.25) is 0 Å². The van der Waals surface area contributed by atoms with E-state index in [4.69, 9.17) is 15.0 Å². The van der Waals surface area contributed by atoms with Crippen LogP contribution < -0.4 is 0 Å². The normalized spacial score (nSPS) is 23.7. The smallest absolute Gasteiger partial charge is 0.164 e. The Kier molecular flexibility index (Phi) is 6.39. The summed E-state index contributed by atoms with van der Waals surface area (Å²) in [5.41, 5.74) is 5.23. The zero-order valence-electron chi connectivity index (χ0n) is 23.7. The summed E-state index contributed by atoms with van der Waals surface area (Å²) in [6.07, 6.45) is 6.65. The summed E-state index contributed by atoms with van der Waals surface area (Å²) < 4.78 is 0. The molecule has 2 aliphatic rings. The Morgan fingerprint density at radius 2 is 1.27 bits per heavy atom. The van der Waals surface area contributed by atoms with Gasteiger partial charge in [-0.1, -0.05) is 92.7 Å². The fourth-order valence-electron chi connectivity index (χ4n) is 7.89. The van der Waals surface area contributed by atoms with Crippen LogP contribution in [-0.2, 0) is 5.41 Å². The first-order valence-electron chi connectivity index (χ1n) is 14.9. The number of benzene rings is 4. The van der Waals surface area contributed by atoms with Crippen LogP contribution >= 0.6 is 0 Å². The molecule has 2 unspecified atom stereocenters. The zero-order chi connectivity index (χ0) is 28.0. The molecule has 5 aromatic rings. The molecule has 7 rings (SSSR count). The summed E-state index contributed by atoms with van der Waals surface area (Å²) in [5, 5.41) is 11.6. The van der Waals surface area contributed by atoms with Crippen LogP contribution in [0.3, 0.4) is 0 Å². The molecule has 1 heterocycles. The third kappa shape index (κ3) is 4.80. The van der Waals surface area contributed by atoms with Crippen LogP contribution in [0.4, 0.5) is 0 Å². The molecule has 4 aromatic carbocycles. The third-order valence-corrected chi connectivity index (χ3v) is 9.31. The molecule has 0 radical (unpaired) electrons. The van der Waals surface area contributed by atoms with Gasteiger partial charge in [0.15, 0.2) is 17.5 Å². The fraction of sp³-hybridized carbons (Fsp3) is 0.297. The number of rotatable bonds is 4. The number of fused-ring (bicyclic) bond motifs is 3. The first-order valence-corrected chi connectivity index (χ1v) is 14.9. The minimum Gasteiger partial charge on any atom is -0.208 e. The van der Waals surface area contributed by atoms with Gasteiger partial charge in [0.05, 0.1) is 11.6 Å². The molecule has 0 aliphatic heterocycles. The van der Waals surface area contributed by atoms with Gasteiger partial charge in [-0.2, -0.15) is 5.26 Å². The maximum absolute atomic E-state index is 9.69. The van der Waals surface area contributed by atoms with Crippen LogP contribution in [-0.4, -0.2) is 15.0 Å². The Morgan fingerprint density at radius 3 is 1.93 bits per heavy atom. The molecule has 0 spiro atoms. The Labute approximate surface area is 242 Å². The van der Waals surface area contributed by atoms with Crippen molar-refractivity contribution in [3.8, 4) is 40.2 Å². The molecule has 4 atom stereocenters. The number of hydrogen-bond donors (Lipinski definition) is 0. The minimum atomic E-state index is 0.293. The highest BCUT2D eigenvalue weighted by atomic mass is 15.0. The fourth-order valence-corrected chi connectivity index (χ4v) is 7.89. The van der Waals surface area contributed by atoms with Crippen LogP contribution in [0.5, 0.6) is 0 Å². The molecule has 0 saturated heterocycles. The SMILES string of the molecule is C[C@@H]1CC2C[C@H](C)CC(c3ccc(-c4nc(-c5ccccc5)nc(-c5ccc6cccc(C#N)c6c5)n4)cc3)(C2)C1. The topological polar surface area (TPSA) is 62.5 Å². The number of nitrogens with zero attached hydrogens (tertiary/aromatic N) is 4. The molecular formula is C37H34N4. The molecule has 2 bridgehead atoms. The summed E-state index contributed by atoms with van der Waals surface area (Å²) in [7, 11) is 0. The first kappa shape index (κ1) is 25.6. The summed E-state index contributed by atoms with van der Waals surface area (Å²) >= 11 is 0. The van der Waals surface area contributed by atoms with Crippen molar-refractivity contribution in [3.63, 3.8) is 0 Å².